The van der Waals surface area contributed by atoms with Gasteiger partial charge in [-0.05, 0) is 6.92 Å². The van der Waals surface area contributed by atoms with Crippen molar-refractivity contribution >= 4 is 29.0 Å². The number of alkyl halides is 2. The second-order valence-corrected chi connectivity index (χ2v) is 3.67. The van der Waals surface area contributed by atoms with Gasteiger partial charge in [-0.3, -0.25) is 4.79 Å². The molecule has 0 bridgehead atoms. The van der Waals surface area contributed by atoms with Crippen LogP contribution in [0.4, 0.5) is 0 Å². The van der Waals surface area contributed by atoms with E-state index in [1.165, 1.54) is 6.92 Å². The molecular weight excluding hydrogens is 159 g/mol. The summed E-state index contributed by atoms with van der Waals surface area (Å²) in [6.45, 7) is 4.93. The van der Waals surface area contributed by atoms with Crippen LogP contribution in [0.5, 0.6) is 0 Å². The molecule has 0 aliphatic heterocycles. The van der Waals surface area contributed by atoms with E-state index in [0.717, 1.165) is 0 Å². The Balaban J connectivity index is 4.19. The first-order chi connectivity index (χ1) is 3.89. The number of halogens is 2. The zero-order valence-corrected chi connectivity index (χ0v) is 7.25. The van der Waals surface area contributed by atoms with E-state index in [1.807, 2.05) is 0 Å². The first-order valence-electron chi connectivity index (χ1n) is 2.68. The normalized spacial score (nSPS) is 12.2. The minimum Gasteiger partial charge on any atom is -0.299 e. The van der Waals surface area contributed by atoms with Crippen molar-refractivity contribution in [3.05, 3.63) is 0 Å². The zero-order chi connectivity index (χ0) is 7.65. The van der Waals surface area contributed by atoms with Gasteiger partial charge in [-0.15, -0.1) is 23.2 Å². The summed E-state index contributed by atoms with van der Waals surface area (Å²) < 4.78 is 0. The van der Waals surface area contributed by atoms with Gasteiger partial charge in [0.1, 0.15) is 10.6 Å². The van der Waals surface area contributed by atoms with Crippen LogP contribution in [-0.4, -0.2) is 10.6 Å². The van der Waals surface area contributed by atoms with E-state index in [9.17, 15) is 4.79 Å². The molecule has 0 radical (unpaired) electrons. The van der Waals surface area contributed by atoms with Gasteiger partial charge in [0.15, 0.2) is 0 Å². The van der Waals surface area contributed by atoms with Crippen LogP contribution in [0.15, 0.2) is 0 Å². The number of carbonyl (C=O) groups excluding carboxylic acids is 1. The average molecular weight is 169 g/mol. The molecule has 0 aromatic rings. The van der Waals surface area contributed by atoms with E-state index in [2.05, 4.69) is 0 Å². The van der Waals surface area contributed by atoms with Crippen LogP contribution >= 0.6 is 23.2 Å². The summed E-state index contributed by atoms with van der Waals surface area (Å²) in [5.41, 5.74) is -0.608. The van der Waals surface area contributed by atoms with Gasteiger partial charge in [-0.1, -0.05) is 13.8 Å². The fourth-order valence-electron chi connectivity index (χ4n) is 0.154. The van der Waals surface area contributed by atoms with Crippen molar-refractivity contribution in [2.75, 3.05) is 0 Å². The second-order valence-electron chi connectivity index (χ2n) is 2.58. The molecule has 0 spiro atoms. The fraction of sp³-hybridized carbons (Fsp3) is 0.833. The maximum absolute atomic E-state index is 10.7. The van der Waals surface area contributed by atoms with E-state index in [1.54, 1.807) is 13.8 Å². The zero-order valence-electron chi connectivity index (χ0n) is 5.74. The smallest absolute Gasteiger partial charge is 0.138 e. The molecule has 0 rings (SSSR count). The van der Waals surface area contributed by atoms with Gasteiger partial charge in [-0.2, -0.15) is 0 Å². The molecule has 0 heterocycles. The van der Waals surface area contributed by atoms with Crippen molar-refractivity contribution in [1.82, 2.24) is 0 Å². The number of ketones is 1. The van der Waals surface area contributed by atoms with Crippen LogP contribution in [0.2, 0.25) is 0 Å². The summed E-state index contributed by atoms with van der Waals surface area (Å²) in [6, 6.07) is 0. The Labute approximate surface area is 65.3 Å². The van der Waals surface area contributed by atoms with Crippen molar-refractivity contribution in [1.29, 1.82) is 0 Å². The van der Waals surface area contributed by atoms with Crippen LogP contribution in [0.3, 0.4) is 0 Å². The molecule has 0 amide bonds. The summed E-state index contributed by atoms with van der Waals surface area (Å²) in [5.74, 6) is 0.0116. The molecule has 0 atom stereocenters. The molecule has 3 heteroatoms. The number of Topliss-reactive ketones (excluding diaryl/α,β-unsaturated/α-hetero) is 1. The molecule has 0 N–H and O–H groups in total. The highest BCUT2D eigenvalue weighted by Crippen LogP contribution is 2.28. The first-order valence-corrected chi connectivity index (χ1v) is 3.55. The van der Waals surface area contributed by atoms with Gasteiger partial charge < -0.3 is 0 Å². The molecule has 0 aliphatic rings. The Bertz CT molecular complexity index is 118. The Kier molecular flexibility index (Phi) is 2.97. The van der Waals surface area contributed by atoms with Crippen molar-refractivity contribution in [3.8, 4) is 0 Å². The third-order valence-electron chi connectivity index (χ3n) is 1.45. The van der Waals surface area contributed by atoms with Crippen LogP contribution in [0.1, 0.15) is 20.8 Å². The second kappa shape index (κ2) is 2.89. The standard InChI is InChI=1S/C6H10Cl2O/c1-4(9)6(2,3)5(7)8/h5H,1-3H3. The summed E-state index contributed by atoms with van der Waals surface area (Å²) in [4.78, 5) is 10.1. The molecule has 1 nitrogen and oxygen atoms in total. The Morgan fingerprint density at radius 1 is 1.44 bits per heavy atom. The third kappa shape index (κ3) is 2.15. The Hall–Kier alpha value is 0.250. The van der Waals surface area contributed by atoms with E-state index < -0.39 is 10.3 Å². The quantitative estimate of drug-likeness (QED) is 0.580. The van der Waals surface area contributed by atoms with Crippen LogP contribution in [0.25, 0.3) is 0 Å². The molecular formula is C6H10Cl2O. The lowest BCUT2D eigenvalue weighted by Gasteiger charge is -2.21. The lowest BCUT2D eigenvalue weighted by atomic mass is 9.91. The van der Waals surface area contributed by atoms with Gasteiger partial charge in [0, 0.05) is 0 Å². The van der Waals surface area contributed by atoms with Crippen molar-refractivity contribution < 1.29 is 4.79 Å². The van der Waals surface area contributed by atoms with Crippen molar-refractivity contribution in [2.24, 2.45) is 5.41 Å². The van der Waals surface area contributed by atoms with E-state index >= 15 is 0 Å². The summed E-state index contributed by atoms with van der Waals surface area (Å²) >= 11 is 11.0. The van der Waals surface area contributed by atoms with Gasteiger partial charge in [0.25, 0.3) is 0 Å². The van der Waals surface area contributed by atoms with Crippen molar-refractivity contribution in [2.45, 2.75) is 25.6 Å². The molecule has 0 aromatic carbocycles. The lowest BCUT2D eigenvalue weighted by molar-refractivity contribution is -0.124. The maximum atomic E-state index is 10.7. The summed E-state index contributed by atoms with van der Waals surface area (Å²) in [6.07, 6.45) is 0. The fourth-order valence-corrected chi connectivity index (χ4v) is 0.461. The molecule has 9 heavy (non-hydrogen) atoms. The number of hydrogen-bond acceptors (Lipinski definition) is 1. The van der Waals surface area contributed by atoms with E-state index in [0.29, 0.717) is 0 Å². The van der Waals surface area contributed by atoms with Crippen molar-refractivity contribution in [3.63, 3.8) is 0 Å². The van der Waals surface area contributed by atoms with Gasteiger partial charge in [0.05, 0.1) is 5.41 Å². The average Bonchev–Trinajstić information content (AvgIpc) is 1.65. The highest BCUT2D eigenvalue weighted by atomic mass is 35.5. The topological polar surface area (TPSA) is 17.1 Å². The van der Waals surface area contributed by atoms with Gasteiger partial charge in [-0.25, -0.2) is 0 Å². The van der Waals surface area contributed by atoms with Crippen LogP contribution < -0.4 is 0 Å². The first kappa shape index (κ1) is 9.25. The Morgan fingerprint density at radius 3 is 1.78 bits per heavy atom. The summed E-state index contributed by atoms with van der Waals surface area (Å²) in [5, 5.41) is 0. The highest BCUT2D eigenvalue weighted by molar-refractivity contribution is 6.45. The molecule has 0 fully saturated rings. The molecule has 0 unspecified atom stereocenters. The highest BCUT2D eigenvalue weighted by Gasteiger charge is 2.30. The van der Waals surface area contributed by atoms with E-state index in [-0.39, 0.29) is 5.78 Å². The predicted molar refractivity (Wildman–Crippen MR) is 40.0 cm³/mol. The van der Waals surface area contributed by atoms with Crippen LogP contribution in [-0.2, 0) is 4.79 Å². The predicted octanol–water partition coefficient (Wildman–Crippen LogP) is 2.41. The molecule has 0 aromatic heterocycles. The maximum Gasteiger partial charge on any atom is 0.138 e. The minimum atomic E-state index is -0.616. The third-order valence-corrected chi connectivity index (χ3v) is 2.54. The molecule has 0 aliphatic carbocycles. The largest absolute Gasteiger partial charge is 0.299 e. The van der Waals surface area contributed by atoms with Gasteiger partial charge in [0.2, 0.25) is 0 Å². The SMILES string of the molecule is CC(=O)C(C)(C)C(Cl)Cl. The summed E-state index contributed by atoms with van der Waals surface area (Å²) in [7, 11) is 0. The number of hydrogen-bond donors (Lipinski definition) is 0. The molecule has 0 saturated heterocycles. The number of carbonyl (C=O) groups is 1. The lowest BCUT2D eigenvalue weighted by Crippen LogP contribution is -2.28. The Morgan fingerprint density at radius 2 is 1.78 bits per heavy atom. The van der Waals surface area contributed by atoms with Crippen LogP contribution in [0, 0.1) is 5.41 Å². The van der Waals surface area contributed by atoms with E-state index in [4.69, 9.17) is 23.2 Å². The number of rotatable bonds is 2. The van der Waals surface area contributed by atoms with Gasteiger partial charge >= 0.3 is 0 Å². The molecule has 0 saturated carbocycles. The molecule has 54 valence electrons. The minimum absolute atomic E-state index is 0.0116. The monoisotopic (exact) mass is 168 g/mol.